The Bertz CT molecular complexity index is 1030. The van der Waals surface area contributed by atoms with E-state index < -0.39 is 39.3 Å². The predicted molar refractivity (Wildman–Crippen MR) is 107 cm³/mol. The van der Waals surface area contributed by atoms with E-state index in [2.05, 4.69) is 0 Å². The van der Waals surface area contributed by atoms with E-state index in [1.807, 2.05) is 0 Å². The molecule has 3 nitrogen and oxygen atoms in total. The number of benzene rings is 3. The normalized spacial score (nSPS) is 11.6. The van der Waals surface area contributed by atoms with Crippen molar-refractivity contribution in [3.63, 3.8) is 0 Å². The first-order chi connectivity index (χ1) is 12.7. The second-order valence-corrected chi connectivity index (χ2v) is 9.50. The molecule has 3 aromatic carbocycles. The van der Waals surface area contributed by atoms with Gasteiger partial charge in [-0.2, -0.15) is 0 Å². The van der Waals surface area contributed by atoms with Gasteiger partial charge in [0, 0.05) is 22.0 Å². The molecule has 0 fully saturated rings. The van der Waals surface area contributed by atoms with Crippen molar-refractivity contribution in [2.24, 2.45) is 0 Å². The van der Waals surface area contributed by atoms with Gasteiger partial charge in [0.05, 0.1) is 8.87 Å². The third-order valence-electron chi connectivity index (χ3n) is 3.97. The van der Waals surface area contributed by atoms with Crippen molar-refractivity contribution in [1.82, 2.24) is 0 Å². The van der Waals surface area contributed by atoms with Crippen LogP contribution in [0.2, 0.25) is 0 Å². The summed E-state index contributed by atoms with van der Waals surface area (Å²) >= 11 is 1.15. The largest absolute Gasteiger partial charge is 0.399 e. The Kier molecular flexibility index (Phi) is 5.22. The minimum Gasteiger partial charge on any atom is -0.399 e. The summed E-state index contributed by atoms with van der Waals surface area (Å²) in [6.07, 6.45) is 0. The lowest BCUT2D eigenvalue weighted by Crippen LogP contribution is -2.32. The molecule has 140 valence electrons. The van der Waals surface area contributed by atoms with Crippen molar-refractivity contribution in [1.29, 1.82) is 0 Å². The van der Waals surface area contributed by atoms with Gasteiger partial charge in [-0.15, -0.1) is 0 Å². The molecule has 3 aromatic rings. The summed E-state index contributed by atoms with van der Waals surface area (Å²) in [5.74, 6) is -6.66. The van der Waals surface area contributed by atoms with Crippen LogP contribution in [-0.2, 0) is 4.57 Å². The molecule has 0 unspecified atom stereocenters. The SMILES string of the molecule is Nc1cccc(P(=O)(c2cccc(N)c2)c2c(F)c(F)c(I)c(F)c2F)c1. The van der Waals surface area contributed by atoms with E-state index in [4.69, 9.17) is 11.5 Å². The van der Waals surface area contributed by atoms with Crippen LogP contribution in [-0.4, -0.2) is 0 Å². The molecule has 9 heteroatoms. The first kappa shape index (κ1) is 19.7. The first-order valence-corrected chi connectivity index (χ1v) is 10.3. The van der Waals surface area contributed by atoms with Crippen LogP contribution in [0.1, 0.15) is 0 Å². The highest BCUT2D eigenvalue weighted by Crippen LogP contribution is 2.45. The van der Waals surface area contributed by atoms with Crippen molar-refractivity contribution in [2.75, 3.05) is 11.5 Å². The molecule has 0 saturated carbocycles. The Morgan fingerprint density at radius 2 is 1.15 bits per heavy atom. The lowest BCUT2D eigenvalue weighted by Gasteiger charge is -2.22. The van der Waals surface area contributed by atoms with Crippen LogP contribution >= 0.6 is 29.7 Å². The Morgan fingerprint density at radius 1 is 0.741 bits per heavy atom. The van der Waals surface area contributed by atoms with E-state index in [-0.39, 0.29) is 22.0 Å². The summed E-state index contributed by atoms with van der Waals surface area (Å²) in [7, 11) is -4.37. The van der Waals surface area contributed by atoms with E-state index in [1.54, 1.807) is 0 Å². The number of nitrogen functional groups attached to an aromatic ring is 2. The van der Waals surface area contributed by atoms with Gasteiger partial charge in [0.2, 0.25) is 0 Å². The summed E-state index contributed by atoms with van der Waals surface area (Å²) < 4.78 is 71.1. The number of halogens is 5. The summed E-state index contributed by atoms with van der Waals surface area (Å²) in [4.78, 5) is 0. The summed E-state index contributed by atoms with van der Waals surface area (Å²) in [5, 5.41) is -1.34. The molecule has 4 N–H and O–H groups in total. The van der Waals surface area contributed by atoms with E-state index in [0.717, 1.165) is 22.6 Å². The molecule has 0 atom stereocenters. The number of hydrogen-bond acceptors (Lipinski definition) is 3. The average molecular weight is 506 g/mol. The Hall–Kier alpha value is -2.06. The molecule has 0 bridgehead atoms. The lowest BCUT2D eigenvalue weighted by atomic mass is 10.3. The molecule has 27 heavy (non-hydrogen) atoms. The molecule has 0 heterocycles. The van der Waals surface area contributed by atoms with Gasteiger partial charge in [-0.3, -0.25) is 0 Å². The maximum Gasteiger partial charge on any atom is 0.177 e. The second kappa shape index (κ2) is 7.16. The monoisotopic (exact) mass is 506 g/mol. The van der Waals surface area contributed by atoms with E-state index in [9.17, 15) is 22.1 Å². The number of nitrogens with two attached hydrogens (primary N) is 2. The highest BCUT2D eigenvalue weighted by molar-refractivity contribution is 14.1. The van der Waals surface area contributed by atoms with Crippen molar-refractivity contribution in [3.05, 3.63) is 75.4 Å². The summed E-state index contributed by atoms with van der Waals surface area (Å²) in [6.45, 7) is 0. The standard InChI is InChI=1S/C18H12F4IN2OP/c19-13-15(21)18(16(22)14(20)17(13)23)27(26,11-5-1-3-9(24)7-11)12-6-2-4-10(25)8-12/h1-8H,24-25H2. The fourth-order valence-corrected chi connectivity index (χ4v) is 6.01. The van der Waals surface area contributed by atoms with Crippen LogP contribution < -0.4 is 27.4 Å². The van der Waals surface area contributed by atoms with Gasteiger partial charge in [-0.25, -0.2) is 17.6 Å². The minimum absolute atomic E-state index is 0.0779. The fourth-order valence-electron chi connectivity index (χ4n) is 2.72. The molecule has 3 rings (SSSR count). The van der Waals surface area contributed by atoms with Crippen molar-refractivity contribution >= 4 is 57.0 Å². The number of hydrogen-bond donors (Lipinski definition) is 2. The zero-order chi connectivity index (χ0) is 19.9. The third kappa shape index (κ3) is 3.21. The molecule has 0 amide bonds. The van der Waals surface area contributed by atoms with E-state index in [0.29, 0.717) is 0 Å². The highest BCUT2D eigenvalue weighted by atomic mass is 127. The maximum absolute atomic E-state index is 14.7. The topological polar surface area (TPSA) is 69.1 Å². The van der Waals surface area contributed by atoms with Gasteiger partial charge in [-0.1, -0.05) is 24.3 Å². The summed E-state index contributed by atoms with van der Waals surface area (Å²) in [5.41, 5.74) is 11.8. The van der Waals surface area contributed by atoms with Gasteiger partial charge in [0.15, 0.2) is 30.4 Å². The van der Waals surface area contributed by atoms with E-state index in [1.165, 1.54) is 48.5 Å². The first-order valence-electron chi connectivity index (χ1n) is 7.52. The Balaban J connectivity index is 2.49. The quantitative estimate of drug-likeness (QED) is 0.142. The molecular weight excluding hydrogens is 494 g/mol. The molecule has 0 aliphatic rings. The van der Waals surface area contributed by atoms with Gasteiger partial charge >= 0.3 is 0 Å². The third-order valence-corrected chi connectivity index (χ3v) is 7.95. The number of rotatable bonds is 3. The van der Waals surface area contributed by atoms with Crippen LogP contribution in [0.3, 0.4) is 0 Å². The van der Waals surface area contributed by atoms with Crippen molar-refractivity contribution in [3.8, 4) is 0 Å². The van der Waals surface area contributed by atoms with Gasteiger partial charge in [0.1, 0.15) is 0 Å². The van der Waals surface area contributed by atoms with Crippen LogP contribution in [0.25, 0.3) is 0 Å². The molecule has 0 aromatic heterocycles. The zero-order valence-electron chi connectivity index (χ0n) is 13.5. The van der Waals surface area contributed by atoms with Crippen LogP contribution in [0.4, 0.5) is 28.9 Å². The smallest absolute Gasteiger partial charge is 0.177 e. The lowest BCUT2D eigenvalue weighted by molar-refractivity contribution is 0.453. The van der Waals surface area contributed by atoms with Crippen molar-refractivity contribution in [2.45, 2.75) is 0 Å². The Morgan fingerprint density at radius 3 is 1.52 bits per heavy atom. The Labute approximate surface area is 165 Å². The molecule has 0 spiro atoms. The molecule has 0 radical (unpaired) electrons. The van der Waals surface area contributed by atoms with Crippen LogP contribution in [0.5, 0.6) is 0 Å². The minimum atomic E-state index is -4.37. The van der Waals surface area contributed by atoms with E-state index >= 15 is 0 Å². The van der Waals surface area contributed by atoms with Gasteiger partial charge in [0.25, 0.3) is 0 Å². The predicted octanol–water partition coefficient (Wildman–Crippen LogP) is 3.65. The highest BCUT2D eigenvalue weighted by Gasteiger charge is 2.39. The van der Waals surface area contributed by atoms with Crippen LogP contribution in [0, 0.1) is 26.8 Å². The van der Waals surface area contributed by atoms with Crippen molar-refractivity contribution < 1.29 is 22.1 Å². The zero-order valence-corrected chi connectivity index (χ0v) is 16.6. The van der Waals surface area contributed by atoms with Crippen LogP contribution in [0.15, 0.2) is 48.5 Å². The summed E-state index contributed by atoms with van der Waals surface area (Å²) in [6, 6.07) is 11.0. The molecule has 0 aliphatic carbocycles. The van der Waals surface area contributed by atoms with Gasteiger partial charge in [-0.05, 0) is 46.9 Å². The maximum atomic E-state index is 14.7. The fraction of sp³-hybridized carbons (Fsp3) is 0. The van der Waals surface area contributed by atoms with Gasteiger partial charge < -0.3 is 16.0 Å². The molecular formula is C18H12F4IN2OP. The molecule has 0 saturated heterocycles. The second-order valence-electron chi connectivity index (χ2n) is 5.72. The number of anilines is 2. The average Bonchev–Trinajstić information content (AvgIpc) is 2.64. The molecule has 0 aliphatic heterocycles.